The minimum atomic E-state index is -0.449. The monoisotopic (exact) mass is 741 g/mol. The van der Waals surface area contributed by atoms with E-state index in [0.717, 1.165) is 137 Å². The summed E-state index contributed by atoms with van der Waals surface area (Å²) in [7, 11) is 6.92. The van der Waals surface area contributed by atoms with Gasteiger partial charge in [-0.1, -0.05) is 19.6 Å². The highest BCUT2D eigenvalue weighted by Gasteiger charge is 2.18. The van der Waals surface area contributed by atoms with Gasteiger partial charge < -0.3 is 54.7 Å². The van der Waals surface area contributed by atoms with Crippen LogP contribution in [0.5, 0.6) is 0 Å². The summed E-state index contributed by atoms with van der Waals surface area (Å²) in [6.07, 6.45) is 10.6. The van der Waals surface area contributed by atoms with E-state index in [0.29, 0.717) is 6.54 Å². The molecule has 0 aromatic heterocycles. The van der Waals surface area contributed by atoms with E-state index in [1.54, 1.807) is 0 Å². The van der Waals surface area contributed by atoms with Crippen LogP contribution >= 0.6 is 0 Å². The number of esters is 2. The third kappa shape index (κ3) is 27.1. The molecular weight excluding hydrogens is 664 g/mol. The van der Waals surface area contributed by atoms with Gasteiger partial charge in [-0.2, -0.15) is 0 Å². The molecule has 14 nitrogen and oxygen atoms in total. The first-order valence-corrected chi connectivity index (χ1v) is 18.8. The highest BCUT2D eigenvalue weighted by Crippen LogP contribution is 2.07. The zero-order valence-electron chi connectivity index (χ0n) is 33.1. The Labute approximate surface area is 316 Å². The molecule has 14 heteroatoms. The van der Waals surface area contributed by atoms with Crippen molar-refractivity contribution in [3.8, 4) is 0 Å². The van der Waals surface area contributed by atoms with Crippen molar-refractivity contribution in [2.45, 2.75) is 59.5 Å². The predicted octanol–water partition coefficient (Wildman–Crippen LogP) is 2.21. The second-order valence-electron chi connectivity index (χ2n) is 14.4. The number of amides is 1. The molecule has 304 valence electrons. The molecule has 2 heterocycles. The van der Waals surface area contributed by atoms with Crippen LogP contribution in [-0.2, 0) is 23.8 Å². The maximum absolute atomic E-state index is 11.6. The molecule has 0 bridgehead atoms. The van der Waals surface area contributed by atoms with Crippen molar-refractivity contribution >= 4 is 18.0 Å². The first-order valence-electron chi connectivity index (χ1n) is 18.8. The summed E-state index contributed by atoms with van der Waals surface area (Å²) in [6, 6.07) is 0. The van der Waals surface area contributed by atoms with Gasteiger partial charge in [0.25, 0.3) is 0 Å². The first kappa shape index (κ1) is 49.4. The zero-order chi connectivity index (χ0) is 37.9. The van der Waals surface area contributed by atoms with Crippen LogP contribution in [0.2, 0.25) is 0 Å². The summed E-state index contributed by atoms with van der Waals surface area (Å²) < 4.78 is 14.4. The van der Waals surface area contributed by atoms with Gasteiger partial charge in [-0.05, 0) is 106 Å². The summed E-state index contributed by atoms with van der Waals surface area (Å²) >= 11 is 0. The largest absolute Gasteiger partial charge is 0.466 e. The van der Waals surface area contributed by atoms with Gasteiger partial charge in [-0.25, -0.2) is 14.4 Å². The van der Waals surface area contributed by atoms with E-state index < -0.39 is 5.60 Å². The van der Waals surface area contributed by atoms with Crippen LogP contribution in [0.3, 0.4) is 0 Å². The smallest absolute Gasteiger partial charge is 0.407 e. The average molecular weight is 741 g/mol. The molecule has 2 aliphatic rings. The third-order valence-corrected chi connectivity index (χ3v) is 8.70. The highest BCUT2D eigenvalue weighted by molar-refractivity contribution is 5.82. The summed E-state index contributed by atoms with van der Waals surface area (Å²) in [4.78, 5) is 48.1. The Bertz CT molecular complexity index is 993. The second kappa shape index (κ2) is 29.8. The Kier molecular flexibility index (Phi) is 28.3. The van der Waals surface area contributed by atoms with Crippen LogP contribution in [-0.4, -0.2) is 199 Å². The fourth-order valence-corrected chi connectivity index (χ4v) is 5.70. The van der Waals surface area contributed by atoms with E-state index in [2.05, 4.69) is 58.3 Å². The van der Waals surface area contributed by atoms with Crippen molar-refractivity contribution in [3.63, 3.8) is 0 Å². The van der Waals surface area contributed by atoms with E-state index in [1.807, 2.05) is 32.9 Å². The number of piperazine rings is 2. The van der Waals surface area contributed by atoms with E-state index in [9.17, 15) is 14.4 Å². The van der Waals surface area contributed by atoms with Gasteiger partial charge in [0.15, 0.2) is 0 Å². The lowest BCUT2D eigenvalue weighted by molar-refractivity contribution is -0.135. The molecule has 0 unspecified atom stereocenters. The SMILES string of the molecule is C.COC(=O)/C=C/CN(C)CCCN1CCN(CCCN)CC1.COC(=O)/C=C/CN(C)CCCN1CCN(CCCNC(=O)OC(C)(C)C)CC1. The van der Waals surface area contributed by atoms with E-state index >= 15 is 0 Å². The number of hydrogen-bond acceptors (Lipinski definition) is 13. The maximum Gasteiger partial charge on any atom is 0.407 e. The number of nitrogens with two attached hydrogens (primary N) is 1. The molecule has 0 spiro atoms. The molecular formula is C38H76N8O6. The molecule has 2 fully saturated rings. The Morgan fingerprint density at radius 1 is 0.673 bits per heavy atom. The molecule has 0 atom stereocenters. The molecule has 2 rings (SSSR count). The molecule has 0 radical (unpaired) electrons. The molecule has 0 saturated carbocycles. The number of nitrogens with zero attached hydrogens (tertiary/aromatic N) is 6. The summed E-state index contributed by atoms with van der Waals surface area (Å²) in [5.41, 5.74) is 5.10. The van der Waals surface area contributed by atoms with Crippen molar-refractivity contribution in [2.24, 2.45) is 5.73 Å². The average Bonchev–Trinajstić information content (AvgIpc) is 3.09. The lowest BCUT2D eigenvalue weighted by atomic mass is 10.2. The molecule has 3 N–H and O–H groups in total. The number of methoxy groups -OCH3 is 2. The number of nitrogens with one attached hydrogen (secondary N) is 1. The molecule has 0 aromatic carbocycles. The Morgan fingerprint density at radius 3 is 1.38 bits per heavy atom. The Morgan fingerprint density at radius 2 is 1.04 bits per heavy atom. The summed E-state index contributed by atoms with van der Waals surface area (Å²) in [6.45, 7) is 24.0. The topological polar surface area (TPSA) is 136 Å². The van der Waals surface area contributed by atoms with Gasteiger partial charge in [0.2, 0.25) is 0 Å². The Balaban J connectivity index is 0.00000102. The van der Waals surface area contributed by atoms with Gasteiger partial charge in [-0.15, -0.1) is 0 Å². The van der Waals surface area contributed by atoms with Crippen LogP contribution < -0.4 is 11.1 Å². The number of likely N-dealkylation sites (N-methyl/N-ethyl adjacent to an activating group) is 2. The van der Waals surface area contributed by atoms with Crippen LogP contribution in [0.1, 0.15) is 53.9 Å². The second-order valence-corrected chi connectivity index (χ2v) is 14.4. The standard InChI is InChI=1S/C21H40N4O4.C16H32N4O2.CH4/c1-21(2,3)29-20(27)22-10-7-13-24-15-17-25(18-16-24)14-8-12-23(4)11-6-9-19(26)28-5;1-18(8-3-6-16(21)22-2)9-5-11-20-14-12-19(13-15-20)10-4-7-17;/h6,9H,7-8,10-18H2,1-5H3,(H,22,27);3,6H,4-5,7-15,17H2,1-2H3;1H4/b9-6+;6-3+;. The van der Waals surface area contributed by atoms with Crippen molar-refractivity contribution in [1.82, 2.24) is 34.7 Å². The van der Waals surface area contributed by atoms with Gasteiger partial charge in [0.05, 0.1) is 14.2 Å². The minimum Gasteiger partial charge on any atom is -0.466 e. The number of carbonyl (C=O) groups excluding carboxylic acids is 3. The van der Waals surface area contributed by atoms with Gasteiger partial charge in [0.1, 0.15) is 5.60 Å². The van der Waals surface area contributed by atoms with Crippen LogP contribution in [0.15, 0.2) is 24.3 Å². The predicted molar refractivity (Wildman–Crippen MR) is 212 cm³/mol. The van der Waals surface area contributed by atoms with Crippen molar-refractivity contribution in [1.29, 1.82) is 0 Å². The van der Waals surface area contributed by atoms with Gasteiger partial charge in [0, 0.05) is 84.1 Å². The molecule has 52 heavy (non-hydrogen) atoms. The van der Waals surface area contributed by atoms with E-state index in [4.69, 9.17) is 10.5 Å². The minimum absolute atomic E-state index is 0. The van der Waals surface area contributed by atoms with Gasteiger partial charge in [-0.3, -0.25) is 0 Å². The molecule has 0 aliphatic carbocycles. The van der Waals surface area contributed by atoms with Crippen molar-refractivity contribution < 1.29 is 28.6 Å². The fraction of sp³-hybridized carbons (Fsp3) is 0.816. The molecule has 2 aliphatic heterocycles. The summed E-state index contributed by atoms with van der Waals surface area (Å²) in [5, 5.41) is 2.82. The zero-order valence-corrected chi connectivity index (χ0v) is 33.1. The lowest BCUT2D eigenvalue weighted by Crippen LogP contribution is -2.47. The van der Waals surface area contributed by atoms with Gasteiger partial charge >= 0.3 is 18.0 Å². The molecule has 1 amide bonds. The van der Waals surface area contributed by atoms with Crippen LogP contribution in [0, 0.1) is 0 Å². The lowest BCUT2D eigenvalue weighted by Gasteiger charge is -2.35. The maximum atomic E-state index is 11.6. The summed E-state index contributed by atoms with van der Waals surface area (Å²) in [5.74, 6) is -0.599. The number of ether oxygens (including phenoxy) is 3. The quantitative estimate of drug-likeness (QED) is 0.0772. The highest BCUT2D eigenvalue weighted by atomic mass is 16.6. The van der Waals surface area contributed by atoms with Crippen LogP contribution in [0.4, 0.5) is 4.79 Å². The third-order valence-electron chi connectivity index (χ3n) is 8.70. The Hall–Kier alpha value is -2.59. The normalized spacial score (nSPS) is 16.5. The fourth-order valence-electron chi connectivity index (χ4n) is 5.70. The number of carbonyl (C=O) groups is 3. The van der Waals surface area contributed by atoms with Crippen LogP contribution in [0.25, 0.3) is 0 Å². The van der Waals surface area contributed by atoms with Crippen molar-refractivity contribution in [2.75, 3.05) is 146 Å². The molecule has 0 aromatic rings. The van der Waals surface area contributed by atoms with Crippen molar-refractivity contribution in [3.05, 3.63) is 24.3 Å². The number of rotatable bonds is 21. The first-order chi connectivity index (χ1) is 24.3. The van der Waals surface area contributed by atoms with E-state index in [1.165, 1.54) is 26.4 Å². The molecule has 2 saturated heterocycles. The van der Waals surface area contributed by atoms with E-state index in [-0.39, 0.29) is 25.5 Å². The number of hydrogen-bond donors (Lipinski definition) is 2. The number of alkyl carbamates (subject to hydrolysis) is 1.